The normalized spacial score (nSPS) is 12.4. The third-order valence-corrected chi connectivity index (χ3v) is 10.1. The fourth-order valence-electron chi connectivity index (χ4n) is 7.61. The van der Waals surface area contributed by atoms with Gasteiger partial charge in [0, 0.05) is 41.2 Å². The van der Waals surface area contributed by atoms with Crippen LogP contribution < -0.4 is 9.47 Å². The van der Waals surface area contributed by atoms with Gasteiger partial charge >= 0.3 is 0 Å². The maximum Gasteiger partial charge on any atom is 0.127 e. The standard InChI is InChI=1S/C25H26N2O.C24H24N2O/c1-4-18-10-9-15-22-23(17-26-24(18)22)25(27(2)3)19-11-8-14-21(16-19)28-20-12-6-5-7-13-20;1-25(2)24(22-17-26(3)23-15-8-7-14-21(22)23)18-10-9-13-20(16-18)27-19-11-5-4-6-12-19/h5-17,25-26H,4H2,1-3H3;4-17,24H,1-3H3. The second-order valence-electron chi connectivity index (χ2n) is 14.4. The first-order valence-electron chi connectivity index (χ1n) is 18.9. The Labute approximate surface area is 325 Å². The number of para-hydroxylation sites is 4. The fourth-order valence-corrected chi connectivity index (χ4v) is 7.61. The van der Waals surface area contributed by atoms with E-state index >= 15 is 0 Å². The average Bonchev–Trinajstić information content (AvgIpc) is 3.77. The predicted molar refractivity (Wildman–Crippen MR) is 228 cm³/mol. The highest BCUT2D eigenvalue weighted by Crippen LogP contribution is 2.37. The molecule has 0 bridgehead atoms. The molecule has 2 atom stereocenters. The van der Waals surface area contributed by atoms with Gasteiger partial charge in [-0.05, 0) is 117 Å². The molecule has 6 nitrogen and oxygen atoms in total. The summed E-state index contributed by atoms with van der Waals surface area (Å²) < 4.78 is 14.3. The van der Waals surface area contributed by atoms with Gasteiger partial charge in [-0.2, -0.15) is 0 Å². The maximum atomic E-state index is 6.06. The summed E-state index contributed by atoms with van der Waals surface area (Å²) in [6.07, 6.45) is 5.41. The highest BCUT2D eigenvalue weighted by Gasteiger charge is 2.23. The van der Waals surface area contributed by atoms with Crippen molar-refractivity contribution >= 4 is 21.8 Å². The summed E-state index contributed by atoms with van der Waals surface area (Å²) in [7, 11) is 10.6. The minimum absolute atomic E-state index is 0.139. The van der Waals surface area contributed by atoms with Gasteiger partial charge in [-0.3, -0.25) is 9.80 Å². The fraction of sp³-hybridized carbons (Fsp3) is 0.184. The van der Waals surface area contributed by atoms with Crippen LogP contribution in [0.4, 0.5) is 0 Å². The minimum Gasteiger partial charge on any atom is -0.457 e. The first-order valence-corrected chi connectivity index (χ1v) is 18.9. The highest BCUT2D eigenvalue weighted by atomic mass is 16.5. The van der Waals surface area contributed by atoms with Gasteiger partial charge in [0.2, 0.25) is 0 Å². The van der Waals surface area contributed by atoms with E-state index < -0.39 is 0 Å². The largest absolute Gasteiger partial charge is 0.457 e. The van der Waals surface area contributed by atoms with Crippen LogP contribution >= 0.6 is 0 Å². The Balaban J connectivity index is 0.000000169. The number of H-pyrrole nitrogens is 1. The molecule has 0 saturated carbocycles. The zero-order chi connectivity index (χ0) is 38.3. The molecule has 278 valence electrons. The highest BCUT2D eigenvalue weighted by molar-refractivity contribution is 5.87. The van der Waals surface area contributed by atoms with Crippen molar-refractivity contribution in [2.75, 3.05) is 28.2 Å². The van der Waals surface area contributed by atoms with Crippen LogP contribution in [0.25, 0.3) is 21.8 Å². The van der Waals surface area contributed by atoms with Gasteiger partial charge in [0.05, 0.1) is 12.1 Å². The first kappa shape index (κ1) is 37.2. The van der Waals surface area contributed by atoms with E-state index in [9.17, 15) is 0 Å². The Hall–Kier alpha value is -6.08. The Bertz CT molecular complexity index is 2460. The zero-order valence-electron chi connectivity index (χ0n) is 32.6. The lowest BCUT2D eigenvalue weighted by atomic mass is 9.96. The molecule has 2 unspecified atom stereocenters. The lowest BCUT2D eigenvalue weighted by Crippen LogP contribution is -2.21. The van der Waals surface area contributed by atoms with E-state index in [1.165, 1.54) is 49.6 Å². The molecule has 6 aromatic carbocycles. The van der Waals surface area contributed by atoms with Crippen molar-refractivity contribution in [3.05, 3.63) is 192 Å². The molecular weight excluding hydrogens is 677 g/mol. The number of nitrogens with one attached hydrogen (secondary N) is 1. The first-order chi connectivity index (χ1) is 26.8. The molecule has 0 aliphatic heterocycles. The third kappa shape index (κ3) is 8.36. The van der Waals surface area contributed by atoms with Crippen molar-refractivity contribution in [3.63, 3.8) is 0 Å². The molecule has 0 aliphatic rings. The van der Waals surface area contributed by atoms with Crippen LogP contribution in [0.5, 0.6) is 23.0 Å². The van der Waals surface area contributed by atoms with Crippen molar-refractivity contribution in [1.29, 1.82) is 0 Å². The smallest absolute Gasteiger partial charge is 0.127 e. The maximum absolute atomic E-state index is 6.06. The van der Waals surface area contributed by atoms with Gasteiger partial charge in [-0.15, -0.1) is 0 Å². The summed E-state index contributed by atoms with van der Waals surface area (Å²) >= 11 is 0. The Kier molecular flexibility index (Phi) is 11.5. The third-order valence-electron chi connectivity index (χ3n) is 10.1. The van der Waals surface area contributed by atoms with Gasteiger partial charge in [0.15, 0.2) is 0 Å². The van der Waals surface area contributed by atoms with Crippen LogP contribution in [0.1, 0.15) is 46.8 Å². The van der Waals surface area contributed by atoms with Crippen LogP contribution in [0.15, 0.2) is 164 Å². The zero-order valence-corrected chi connectivity index (χ0v) is 32.6. The summed E-state index contributed by atoms with van der Waals surface area (Å²) in [5.41, 5.74) is 8.84. The molecule has 8 rings (SSSR count). The van der Waals surface area contributed by atoms with Gasteiger partial charge < -0.3 is 19.0 Å². The van der Waals surface area contributed by atoms with Gasteiger partial charge in [-0.25, -0.2) is 0 Å². The number of rotatable bonds is 11. The van der Waals surface area contributed by atoms with E-state index in [1.807, 2.05) is 72.8 Å². The van der Waals surface area contributed by atoms with Crippen LogP contribution in [0, 0.1) is 0 Å². The van der Waals surface area contributed by atoms with E-state index in [4.69, 9.17) is 9.47 Å². The Morgan fingerprint density at radius 3 is 1.60 bits per heavy atom. The molecule has 0 amide bonds. The average molecular weight is 727 g/mol. The summed E-state index contributed by atoms with van der Waals surface area (Å²) in [6, 6.07) is 52.0. The van der Waals surface area contributed by atoms with Crippen molar-refractivity contribution in [2.45, 2.75) is 25.4 Å². The van der Waals surface area contributed by atoms with E-state index in [2.05, 4.69) is 153 Å². The number of benzene rings is 6. The van der Waals surface area contributed by atoms with Crippen LogP contribution in [0.2, 0.25) is 0 Å². The number of fused-ring (bicyclic) bond motifs is 2. The summed E-state index contributed by atoms with van der Waals surface area (Å²) in [5, 5.41) is 2.57. The predicted octanol–water partition coefficient (Wildman–Crippen LogP) is 11.8. The van der Waals surface area contributed by atoms with Gasteiger partial charge in [0.1, 0.15) is 23.0 Å². The molecular formula is C49H50N4O2. The Morgan fingerprint density at radius 1 is 0.545 bits per heavy atom. The molecule has 8 aromatic rings. The van der Waals surface area contributed by atoms with Crippen molar-refractivity contribution < 1.29 is 9.47 Å². The van der Waals surface area contributed by atoms with E-state index in [-0.39, 0.29) is 12.1 Å². The second-order valence-corrected chi connectivity index (χ2v) is 14.4. The van der Waals surface area contributed by atoms with Crippen LogP contribution in [-0.2, 0) is 13.5 Å². The molecule has 55 heavy (non-hydrogen) atoms. The van der Waals surface area contributed by atoms with Crippen molar-refractivity contribution in [3.8, 4) is 23.0 Å². The van der Waals surface area contributed by atoms with Gasteiger partial charge in [0.25, 0.3) is 0 Å². The number of hydrogen-bond donors (Lipinski definition) is 1. The molecule has 2 heterocycles. The van der Waals surface area contributed by atoms with E-state index in [1.54, 1.807) is 0 Å². The number of aromatic nitrogens is 2. The molecule has 0 saturated heterocycles. The Morgan fingerprint density at radius 2 is 1.04 bits per heavy atom. The lowest BCUT2D eigenvalue weighted by Gasteiger charge is -2.25. The number of aryl methyl sites for hydroxylation is 2. The molecule has 2 aromatic heterocycles. The van der Waals surface area contributed by atoms with E-state index in [0.29, 0.717) is 0 Å². The van der Waals surface area contributed by atoms with Gasteiger partial charge in [-0.1, -0.05) is 104 Å². The molecule has 0 fully saturated rings. The second kappa shape index (κ2) is 16.9. The summed E-state index contributed by atoms with van der Waals surface area (Å²) in [4.78, 5) is 8.02. The van der Waals surface area contributed by atoms with Crippen LogP contribution in [-0.4, -0.2) is 47.5 Å². The summed E-state index contributed by atoms with van der Waals surface area (Å²) in [6.45, 7) is 2.20. The monoisotopic (exact) mass is 726 g/mol. The molecule has 6 heteroatoms. The van der Waals surface area contributed by atoms with E-state index in [0.717, 1.165) is 29.4 Å². The number of nitrogens with zero attached hydrogens (tertiary/aromatic N) is 3. The molecule has 0 aliphatic carbocycles. The van der Waals surface area contributed by atoms with Crippen molar-refractivity contribution in [1.82, 2.24) is 19.4 Å². The van der Waals surface area contributed by atoms with Crippen LogP contribution in [0.3, 0.4) is 0 Å². The number of ether oxygens (including phenoxy) is 2. The molecule has 0 radical (unpaired) electrons. The lowest BCUT2D eigenvalue weighted by molar-refractivity contribution is 0.342. The summed E-state index contributed by atoms with van der Waals surface area (Å²) in [5.74, 6) is 3.40. The number of hydrogen-bond acceptors (Lipinski definition) is 4. The number of aromatic amines is 1. The molecule has 0 spiro atoms. The molecule has 1 N–H and O–H groups in total. The quantitative estimate of drug-likeness (QED) is 0.144. The van der Waals surface area contributed by atoms with Crippen molar-refractivity contribution in [2.24, 2.45) is 7.05 Å². The SMILES string of the molecule is CCc1cccc2c(C(c3cccc(Oc4ccccc4)c3)N(C)C)c[nH]c12.CN(C)C(c1cccc(Oc2ccccc2)c1)c1cn(C)c2ccccc12. The topological polar surface area (TPSA) is 45.7 Å². The minimum atomic E-state index is 0.139.